The van der Waals surface area contributed by atoms with Crippen molar-refractivity contribution in [1.29, 1.82) is 0 Å². The summed E-state index contributed by atoms with van der Waals surface area (Å²) >= 11 is 14.5. The first-order chi connectivity index (χ1) is 9.11. The van der Waals surface area contributed by atoms with Crippen LogP contribution >= 0.6 is 46.3 Å². The third-order valence-corrected chi connectivity index (χ3v) is 5.16. The van der Waals surface area contributed by atoms with E-state index in [1.165, 1.54) is 23.1 Å². The van der Waals surface area contributed by atoms with Gasteiger partial charge < -0.3 is 0 Å². The van der Waals surface area contributed by atoms with Crippen molar-refractivity contribution in [1.82, 2.24) is 4.98 Å². The van der Waals surface area contributed by atoms with Crippen LogP contribution in [0.1, 0.15) is 22.8 Å². The maximum absolute atomic E-state index is 12.1. The molecule has 0 amide bonds. The zero-order chi connectivity index (χ0) is 13.8. The number of carbonyl (C=O) groups excluding carboxylic acids is 1. The van der Waals surface area contributed by atoms with E-state index in [9.17, 15) is 4.79 Å². The second-order valence-electron chi connectivity index (χ2n) is 3.79. The van der Waals surface area contributed by atoms with Crippen LogP contribution in [0.15, 0.2) is 29.4 Å². The van der Waals surface area contributed by atoms with Gasteiger partial charge in [0.2, 0.25) is 0 Å². The Kier molecular flexibility index (Phi) is 5.28. The molecule has 0 spiro atoms. The van der Waals surface area contributed by atoms with Crippen molar-refractivity contribution in [2.45, 2.75) is 18.2 Å². The molecule has 0 aromatic carbocycles. The molecule has 19 heavy (non-hydrogen) atoms. The maximum atomic E-state index is 12.1. The van der Waals surface area contributed by atoms with Gasteiger partial charge in [0, 0.05) is 22.9 Å². The number of thioether (sulfide) groups is 1. The van der Waals surface area contributed by atoms with E-state index in [-0.39, 0.29) is 5.78 Å². The van der Waals surface area contributed by atoms with E-state index in [4.69, 9.17) is 23.2 Å². The van der Waals surface area contributed by atoms with Crippen molar-refractivity contribution in [3.63, 3.8) is 0 Å². The van der Waals surface area contributed by atoms with Crippen molar-refractivity contribution < 1.29 is 4.79 Å². The highest BCUT2D eigenvalue weighted by atomic mass is 35.5. The predicted molar refractivity (Wildman–Crippen MR) is 83.0 cm³/mol. The molecular weight excluding hydrogens is 321 g/mol. The van der Waals surface area contributed by atoms with Crippen LogP contribution in [0.4, 0.5) is 0 Å². The van der Waals surface area contributed by atoms with Crippen molar-refractivity contribution in [3.05, 3.63) is 44.3 Å². The first kappa shape index (κ1) is 14.9. The molecule has 2 rings (SSSR count). The normalized spacial score (nSPS) is 10.7. The van der Waals surface area contributed by atoms with Crippen molar-refractivity contribution in [2.75, 3.05) is 5.75 Å². The molecule has 0 saturated heterocycles. The Bertz CT molecular complexity index is 598. The van der Waals surface area contributed by atoms with Crippen LogP contribution in [0.3, 0.4) is 0 Å². The fraction of sp³-hybridized carbons (Fsp3) is 0.231. The number of pyridine rings is 1. The first-order valence-electron chi connectivity index (χ1n) is 5.65. The summed E-state index contributed by atoms with van der Waals surface area (Å²) in [5, 5.41) is 0. The second kappa shape index (κ2) is 6.75. The molecule has 0 aliphatic heterocycles. The number of rotatable bonds is 5. The van der Waals surface area contributed by atoms with Gasteiger partial charge in [-0.2, -0.15) is 0 Å². The molecule has 0 radical (unpaired) electrons. The monoisotopic (exact) mass is 331 g/mol. The average Bonchev–Trinajstić information content (AvgIpc) is 2.75. The summed E-state index contributed by atoms with van der Waals surface area (Å²) < 4.78 is 0.998. The van der Waals surface area contributed by atoms with Gasteiger partial charge in [-0.1, -0.05) is 30.1 Å². The fourth-order valence-electron chi connectivity index (χ4n) is 1.57. The molecule has 0 fully saturated rings. The summed E-state index contributed by atoms with van der Waals surface area (Å²) in [5.41, 5.74) is 1.66. The van der Waals surface area contributed by atoms with Gasteiger partial charge in [-0.3, -0.25) is 9.78 Å². The lowest BCUT2D eigenvalue weighted by Gasteiger charge is -2.05. The number of hydrogen-bond donors (Lipinski definition) is 0. The number of carbonyl (C=O) groups is 1. The van der Waals surface area contributed by atoms with Gasteiger partial charge in [-0.25, -0.2) is 0 Å². The van der Waals surface area contributed by atoms with Crippen LogP contribution in [0, 0.1) is 0 Å². The summed E-state index contributed by atoms with van der Waals surface area (Å²) in [6, 6.07) is 3.56. The van der Waals surface area contributed by atoms with Gasteiger partial charge in [0.05, 0.1) is 10.1 Å². The van der Waals surface area contributed by atoms with E-state index >= 15 is 0 Å². The van der Waals surface area contributed by atoms with E-state index < -0.39 is 0 Å². The molecule has 0 unspecified atom stereocenters. The number of thiophene rings is 1. The lowest BCUT2D eigenvalue weighted by molar-refractivity contribution is 0.102. The molecule has 2 aromatic rings. The molecule has 0 N–H and O–H groups in total. The minimum absolute atomic E-state index is 0.00276. The molecule has 0 bridgehead atoms. The minimum Gasteiger partial charge on any atom is -0.293 e. The topological polar surface area (TPSA) is 30.0 Å². The Hall–Kier alpha value is -0.550. The molecule has 2 nitrogen and oxygen atoms in total. The van der Waals surface area contributed by atoms with Crippen LogP contribution in [-0.4, -0.2) is 16.5 Å². The van der Waals surface area contributed by atoms with Gasteiger partial charge >= 0.3 is 0 Å². The highest BCUT2D eigenvalue weighted by molar-refractivity contribution is 8.00. The summed E-state index contributed by atoms with van der Waals surface area (Å²) in [5.74, 6) is 0.348. The van der Waals surface area contributed by atoms with Crippen LogP contribution in [0.25, 0.3) is 0 Å². The van der Waals surface area contributed by atoms with Crippen molar-refractivity contribution >= 4 is 52.1 Å². The average molecular weight is 332 g/mol. The summed E-state index contributed by atoms with van der Waals surface area (Å²) in [6.07, 6.45) is 4.47. The van der Waals surface area contributed by atoms with E-state index in [2.05, 4.69) is 11.9 Å². The number of halogens is 2. The zero-order valence-electron chi connectivity index (χ0n) is 10.2. The number of Topliss-reactive ketones (excluding diaryl/α,β-unsaturated/α-hetero) is 1. The predicted octanol–water partition coefficient (Wildman–Crippen LogP) is 4.99. The largest absolute Gasteiger partial charge is 0.293 e. The lowest BCUT2D eigenvalue weighted by Crippen LogP contribution is -2.01. The second-order valence-corrected chi connectivity index (χ2v) is 7.09. The smallest absolute Gasteiger partial charge is 0.175 e. The third kappa shape index (κ3) is 3.72. The highest BCUT2D eigenvalue weighted by Crippen LogP contribution is 2.32. The Labute approximate surface area is 130 Å². The summed E-state index contributed by atoms with van der Waals surface area (Å²) in [6.45, 7) is 2.07. The number of aryl methyl sites for hydroxylation is 1. The Morgan fingerprint density at radius 3 is 2.89 bits per heavy atom. The number of nitrogens with zero attached hydrogens (tertiary/aromatic N) is 1. The molecular formula is C13H11Cl2NOS2. The Balaban J connectivity index is 2.06. The number of hydrogen-bond acceptors (Lipinski definition) is 4. The summed E-state index contributed by atoms with van der Waals surface area (Å²) in [7, 11) is 0. The number of aromatic nitrogens is 1. The van der Waals surface area contributed by atoms with Gasteiger partial charge in [-0.05, 0) is 24.1 Å². The van der Waals surface area contributed by atoms with Crippen LogP contribution < -0.4 is 0 Å². The summed E-state index contributed by atoms with van der Waals surface area (Å²) in [4.78, 5) is 17.2. The van der Waals surface area contributed by atoms with Gasteiger partial charge in [-0.15, -0.1) is 23.1 Å². The van der Waals surface area contributed by atoms with E-state index in [1.54, 1.807) is 12.3 Å². The standard InChI is InChI=1S/C13H11Cl2NOS2/c1-2-8-6-16-4-3-11(8)18-7-10(17)9-5-12(14)19-13(9)15/h3-6H,2,7H2,1H3. The third-order valence-electron chi connectivity index (χ3n) is 2.56. The molecule has 0 aliphatic rings. The fourth-order valence-corrected chi connectivity index (χ4v) is 4.05. The van der Waals surface area contributed by atoms with Crippen molar-refractivity contribution in [2.24, 2.45) is 0 Å². The quantitative estimate of drug-likeness (QED) is 0.571. The molecule has 2 heterocycles. The number of ketones is 1. The first-order valence-corrected chi connectivity index (χ1v) is 8.21. The molecule has 0 atom stereocenters. The molecule has 0 saturated carbocycles. The lowest BCUT2D eigenvalue weighted by atomic mass is 10.2. The van der Waals surface area contributed by atoms with Crippen LogP contribution in [0.2, 0.25) is 8.67 Å². The molecule has 100 valence electrons. The van der Waals surface area contributed by atoms with Gasteiger partial charge in [0.1, 0.15) is 4.34 Å². The maximum Gasteiger partial charge on any atom is 0.175 e. The SMILES string of the molecule is CCc1cnccc1SCC(=O)c1cc(Cl)sc1Cl. The van der Waals surface area contributed by atoms with Crippen LogP contribution in [-0.2, 0) is 6.42 Å². The zero-order valence-corrected chi connectivity index (χ0v) is 13.3. The Morgan fingerprint density at radius 2 is 2.26 bits per heavy atom. The van der Waals surface area contributed by atoms with Crippen molar-refractivity contribution in [3.8, 4) is 0 Å². The van der Waals surface area contributed by atoms with E-state index in [0.29, 0.717) is 20.0 Å². The molecule has 6 heteroatoms. The molecule has 0 aliphatic carbocycles. The minimum atomic E-state index is -0.00276. The van der Waals surface area contributed by atoms with E-state index in [1.807, 2.05) is 12.3 Å². The molecule has 2 aromatic heterocycles. The highest BCUT2D eigenvalue weighted by Gasteiger charge is 2.15. The van der Waals surface area contributed by atoms with Gasteiger partial charge in [0.15, 0.2) is 5.78 Å². The van der Waals surface area contributed by atoms with Crippen LogP contribution in [0.5, 0.6) is 0 Å². The van der Waals surface area contributed by atoms with E-state index in [0.717, 1.165) is 16.9 Å². The van der Waals surface area contributed by atoms with Gasteiger partial charge in [0.25, 0.3) is 0 Å². The Morgan fingerprint density at radius 1 is 1.47 bits per heavy atom.